The minimum absolute atomic E-state index is 0.0891. The summed E-state index contributed by atoms with van der Waals surface area (Å²) in [4.78, 5) is 37.6. The van der Waals surface area contributed by atoms with Gasteiger partial charge in [-0.2, -0.15) is 0 Å². The maximum atomic E-state index is 13.1. The number of carbonyl (C=O) groups is 3. The van der Waals surface area contributed by atoms with Gasteiger partial charge in [0.15, 0.2) is 6.61 Å². The number of nitrogens with one attached hydrogen (secondary N) is 1. The SMILES string of the molecule is CC(=O)N1C=Cc2ccccc2[C@@H]1CC(=O)OCC(=O)Nc1cccc(F)c1. The van der Waals surface area contributed by atoms with E-state index in [0.29, 0.717) is 0 Å². The number of halogens is 1. The Hall–Kier alpha value is -3.48. The van der Waals surface area contributed by atoms with Gasteiger partial charge in [-0.1, -0.05) is 30.3 Å². The number of hydrogen-bond acceptors (Lipinski definition) is 4. The van der Waals surface area contributed by atoms with Gasteiger partial charge in [0.1, 0.15) is 5.82 Å². The molecule has 1 N–H and O–H groups in total. The average Bonchev–Trinajstić information content (AvgIpc) is 2.66. The van der Waals surface area contributed by atoms with Crippen LogP contribution in [0, 0.1) is 5.82 Å². The number of esters is 1. The van der Waals surface area contributed by atoms with Crippen molar-refractivity contribution < 1.29 is 23.5 Å². The van der Waals surface area contributed by atoms with E-state index in [1.807, 2.05) is 30.3 Å². The summed E-state index contributed by atoms with van der Waals surface area (Å²) in [5.41, 5.74) is 2.03. The molecule has 1 aliphatic heterocycles. The van der Waals surface area contributed by atoms with E-state index >= 15 is 0 Å². The Bertz CT molecular complexity index is 942. The van der Waals surface area contributed by atoms with Crippen LogP contribution >= 0.6 is 0 Å². The Morgan fingerprint density at radius 3 is 2.68 bits per heavy atom. The van der Waals surface area contributed by atoms with E-state index in [1.54, 1.807) is 6.20 Å². The zero-order valence-electron chi connectivity index (χ0n) is 15.2. The fraction of sp³-hybridized carbons (Fsp3) is 0.190. The molecule has 2 aromatic carbocycles. The molecule has 1 heterocycles. The van der Waals surface area contributed by atoms with E-state index in [9.17, 15) is 18.8 Å². The summed E-state index contributed by atoms with van der Waals surface area (Å²) in [5.74, 6) is -1.88. The lowest BCUT2D eigenvalue weighted by atomic mass is 9.94. The standard InChI is InChI=1S/C21H19FN2O4/c1-14(25)24-10-9-15-5-2-3-8-18(15)19(24)12-21(27)28-13-20(26)23-17-7-4-6-16(22)11-17/h2-11,19H,12-13H2,1H3,(H,23,26)/t19-/m0/s1. The second kappa shape index (κ2) is 8.47. The van der Waals surface area contributed by atoms with E-state index in [4.69, 9.17) is 4.74 Å². The molecule has 0 aromatic heterocycles. The molecule has 0 unspecified atom stereocenters. The number of fused-ring (bicyclic) bond motifs is 1. The van der Waals surface area contributed by atoms with Crippen LogP contribution in [0.5, 0.6) is 0 Å². The van der Waals surface area contributed by atoms with Gasteiger partial charge in [-0.15, -0.1) is 0 Å². The highest BCUT2D eigenvalue weighted by Crippen LogP contribution is 2.33. The van der Waals surface area contributed by atoms with Gasteiger partial charge in [0.25, 0.3) is 5.91 Å². The molecule has 1 aliphatic rings. The third-order valence-corrected chi connectivity index (χ3v) is 4.30. The number of benzene rings is 2. The number of anilines is 1. The third kappa shape index (κ3) is 4.62. The van der Waals surface area contributed by atoms with Gasteiger partial charge in [0.2, 0.25) is 5.91 Å². The highest BCUT2D eigenvalue weighted by molar-refractivity contribution is 5.92. The Morgan fingerprint density at radius 1 is 1.14 bits per heavy atom. The van der Waals surface area contributed by atoms with Crippen molar-refractivity contribution >= 4 is 29.5 Å². The second-order valence-electron chi connectivity index (χ2n) is 6.31. The predicted octanol–water partition coefficient (Wildman–Crippen LogP) is 3.27. The number of amides is 2. The number of rotatable bonds is 5. The van der Waals surface area contributed by atoms with E-state index in [1.165, 1.54) is 30.0 Å². The van der Waals surface area contributed by atoms with Gasteiger partial charge in [0.05, 0.1) is 12.5 Å². The monoisotopic (exact) mass is 382 g/mol. The van der Waals surface area contributed by atoms with Gasteiger partial charge < -0.3 is 15.0 Å². The lowest BCUT2D eigenvalue weighted by Crippen LogP contribution is -2.33. The van der Waals surface area contributed by atoms with Crippen LogP contribution in [0.2, 0.25) is 0 Å². The molecule has 2 aromatic rings. The quantitative estimate of drug-likeness (QED) is 0.806. The topological polar surface area (TPSA) is 75.7 Å². The van der Waals surface area contributed by atoms with Gasteiger partial charge in [-0.3, -0.25) is 14.4 Å². The summed E-state index contributed by atoms with van der Waals surface area (Å²) in [7, 11) is 0. The van der Waals surface area contributed by atoms with Crippen LogP contribution in [0.15, 0.2) is 54.7 Å². The van der Waals surface area contributed by atoms with E-state index in [2.05, 4.69) is 5.32 Å². The van der Waals surface area contributed by atoms with Crippen LogP contribution in [0.25, 0.3) is 6.08 Å². The highest BCUT2D eigenvalue weighted by atomic mass is 19.1. The fourth-order valence-electron chi connectivity index (χ4n) is 3.04. The number of carbonyl (C=O) groups excluding carboxylic acids is 3. The molecule has 1 atom stereocenters. The summed E-state index contributed by atoms with van der Waals surface area (Å²) < 4.78 is 18.2. The largest absolute Gasteiger partial charge is 0.455 e. The first-order valence-corrected chi connectivity index (χ1v) is 8.71. The molecule has 2 amide bonds. The van der Waals surface area contributed by atoms with E-state index in [0.717, 1.165) is 17.2 Å². The highest BCUT2D eigenvalue weighted by Gasteiger charge is 2.28. The van der Waals surface area contributed by atoms with Crippen LogP contribution in [0.1, 0.15) is 30.5 Å². The maximum Gasteiger partial charge on any atom is 0.308 e. The van der Waals surface area contributed by atoms with Gasteiger partial charge in [0, 0.05) is 18.8 Å². The zero-order valence-corrected chi connectivity index (χ0v) is 15.2. The fourth-order valence-corrected chi connectivity index (χ4v) is 3.04. The molecule has 6 nitrogen and oxygen atoms in total. The number of hydrogen-bond donors (Lipinski definition) is 1. The van der Waals surface area contributed by atoms with Crippen LogP contribution < -0.4 is 5.32 Å². The Morgan fingerprint density at radius 2 is 1.93 bits per heavy atom. The van der Waals surface area contributed by atoms with Crippen LogP contribution in [0.3, 0.4) is 0 Å². The second-order valence-corrected chi connectivity index (χ2v) is 6.31. The Labute approximate surface area is 161 Å². The summed E-state index contributed by atoms with van der Waals surface area (Å²) in [6, 6.07) is 12.4. The first-order valence-electron chi connectivity index (χ1n) is 8.71. The lowest BCUT2D eigenvalue weighted by Gasteiger charge is -2.32. The van der Waals surface area contributed by atoms with Crippen molar-refractivity contribution in [1.82, 2.24) is 4.90 Å². The molecule has 3 rings (SSSR count). The molecule has 0 saturated heterocycles. The molecule has 144 valence electrons. The molecule has 0 radical (unpaired) electrons. The van der Waals surface area contributed by atoms with Gasteiger partial charge >= 0.3 is 5.97 Å². The van der Waals surface area contributed by atoms with Gasteiger partial charge in [-0.25, -0.2) is 4.39 Å². The average molecular weight is 382 g/mol. The van der Waals surface area contributed by atoms with Crippen molar-refractivity contribution in [3.63, 3.8) is 0 Å². The zero-order chi connectivity index (χ0) is 20.1. The molecular formula is C21H19FN2O4. The first-order chi connectivity index (χ1) is 13.4. The van der Waals surface area contributed by atoms with E-state index in [-0.39, 0.29) is 18.0 Å². The van der Waals surface area contributed by atoms with Crippen LogP contribution in [0.4, 0.5) is 10.1 Å². The summed E-state index contributed by atoms with van der Waals surface area (Å²) in [6.45, 7) is 0.919. The molecular weight excluding hydrogens is 363 g/mol. The van der Waals surface area contributed by atoms with Gasteiger partial charge in [-0.05, 0) is 35.4 Å². The van der Waals surface area contributed by atoms with Crippen molar-refractivity contribution in [2.24, 2.45) is 0 Å². The summed E-state index contributed by atoms with van der Waals surface area (Å²) in [6.07, 6.45) is 3.36. The predicted molar refractivity (Wildman–Crippen MR) is 101 cm³/mol. The lowest BCUT2D eigenvalue weighted by molar-refractivity contribution is -0.149. The maximum absolute atomic E-state index is 13.1. The molecule has 0 saturated carbocycles. The molecule has 0 spiro atoms. The number of nitrogens with zero attached hydrogens (tertiary/aromatic N) is 1. The molecule has 28 heavy (non-hydrogen) atoms. The van der Waals surface area contributed by atoms with Crippen molar-refractivity contribution in [3.05, 3.63) is 71.7 Å². The van der Waals surface area contributed by atoms with Crippen molar-refractivity contribution in [3.8, 4) is 0 Å². The van der Waals surface area contributed by atoms with Crippen molar-refractivity contribution in [2.45, 2.75) is 19.4 Å². The molecule has 7 heteroatoms. The molecule has 0 aliphatic carbocycles. The normalized spacial score (nSPS) is 14.9. The van der Waals surface area contributed by atoms with Crippen molar-refractivity contribution in [1.29, 1.82) is 0 Å². The first kappa shape index (κ1) is 19.3. The van der Waals surface area contributed by atoms with E-state index < -0.39 is 30.3 Å². The third-order valence-electron chi connectivity index (χ3n) is 4.30. The van der Waals surface area contributed by atoms with Crippen LogP contribution in [-0.4, -0.2) is 29.3 Å². The van der Waals surface area contributed by atoms with Crippen molar-refractivity contribution in [2.75, 3.05) is 11.9 Å². The minimum Gasteiger partial charge on any atom is -0.455 e. The molecule has 0 bridgehead atoms. The van der Waals surface area contributed by atoms with Crippen LogP contribution in [-0.2, 0) is 19.1 Å². The molecule has 0 fully saturated rings. The smallest absolute Gasteiger partial charge is 0.308 e. The Kier molecular flexibility index (Phi) is 5.84. The minimum atomic E-state index is -0.615. The number of ether oxygens (including phenoxy) is 1. The summed E-state index contributed by atoms with van der Waals surface area (Å²) in [5, 5.41) is 2.45. The summed E-state index contributed by atoms with van der Waals surface area (Å²) >= 11 is 0. The Balaban J connectivity index is 1.61.